The molecular formula is C35H27ClF3N3O2S2. The largest absolute Gasteiger partial charge is 0.417 e. The number of nitrogens with zero attached hydrogens (tertiary/aromatic N) is 3. The highest BCUT2D eigenvalue weighted by molar-refractivity contribution is 7.99. The van der Waals surface area contributed by atoms with Crippen LogP contribution in [0.5, 0.6) is 0 Å². The number of ketones is 1. The number of carbonyl (C=O) groups is 1. The van der Waals surface area contributed by atoms with Crippen molar-refractivity contribution in [1.29, 1.82) is 0 Å². The number of rotatable bonds is 7. The predicted molar refractivity (Wildman–Crippen MR) is 180 cm³/mol. The summed E-state index contributed by atoms with van der Waals surface area (Å²) in [4.78, 5) is 34.3. The van der Waals surface area contributed by atoms with Crippen molar-refractivity contribution in [2.45, 2.75) is 39.0 Å². The van der Waals surface area contributed by atoms with Crippen LogP contribution in [0.15, 0.2) is 88.8 Å². The molecular weight excluding hydrogens is 651 g/mol. The maximum Gasteiger partial charge on any atom is 0.417 e. The number of benzene rings is 3. The number of aryl methyl sites for hydroxylation is 3. The van der Waals surface area contributed by atoms with Crippen molar-refractivity contribution in [3.05, 3.63) is 127 Å². The van der Waals surface area contributed by atoms with E-state index >= 15 is 0 Å². The Labute approximate surface area is 276 Å². The van der Waals surface area contributed by atoms with Crippen molar-refractivity contribution >= 4 is 50.7 Å². The lowest BCUT2D eigenvalue weighted by molar-refractivity contribution is -0.137. The number of thioether (sulfide) groups is 1. The van der Waals surface area contributed by atoms with E-state index in [1.165, 1.54) is 23.5 Å². The Hall–Kier alpha value is -4.12. The van der Waals surface area contributed by atoms with Gasteiger partial charge in [-0.25, -0.2) is 4.98 Å². The molecule has 0 unspecified atom stereocenters. The molecule has 0 spiro atoms. The minimum absolute atomic E-state index is 0.0430. The van der Waals surface area contributed by atoms with Gasteiger partial charge in [0.2, 0.25) is 0 Å². The number of thiophene rings is 1. The van der Waals surface area contributed by atoms with Crippen LogP contribution >= 0.6 is 34.7 Å². The van der Waals surface area contributed by atoms with Crippen LogP contribution in [-0.4, -0.2) is 25.7 Å². The Balaban J connectivity index is 1.39. The van der Waals surface area contributed by atoms with Gasteiger partial charge in [0.05, 0.1) is 27.4 Å². The van der Waals surface area contributed by atoms with E-state index in [1.54, 1.807) is 29.0 Å². The summed E-state index contributed by atoms with van der Waals surface area (Å²) in [7, 11) is 0. The van der Waals surface area contributed by atoms with Crippen LogP contribution in [0.2, 0.25) is 5.02 Å². The second-order valence-electron chi connectivity index (χ2n) is 10.9. The van der Waals surface area contributed by atoms with E-state index in [0.717, 1.165) is 39.4 Å². The van der Waals surface area contributed by atoms with Crippen molar-refractivity contribution < 1.29 is 18.0 Å². The van der Waals surface area contributed by atoms with Gasteiger partial charge in [0, 0.05) is 33.1 Å². The molecule has 0 saturated heterocycles. The minimum atomic E-state index is -4.62. The minimum Gasteiger partial charge on any atom is -0.318 e. The monoisotopic (exact) mass is 677 g/mol. The summed E-state index contributed by atoms with van der Waals surface area (Å²) in [5, 5.41) is 0.498. The summed E-state index contributed by atoms with van der Waals surface area (Å²) < 4.78 is 43.8. The summed E-state index contributed by atoms with van der Waals surface area (Å²) in [5.74, 6) is -0.287. The Kier molecular flexibility index (Phi) is 8.47. The number of Topliss-reactive ketones (excluding diaryl/α,β-unsaturated/α-hetero) is 1. The fourth-order valence-corrected chi connectivity index (χ4v) is 7.84. The number of hydrogen-bond acceptors (Lipinski definition) is 5. The number of hydrogen-bond donors (Lipinski definition) is 0. The number of fused-ring (bicyclic) bond motifs is 1. The highest BCUT2D eigenvalue weighted by atomic mass is 35.5. The Morgan fingerprint density at radius 2 is 1.61 bits per heavy atom. The quantitative estimate of drug-likeness (QED) is 0.0959. The fraction of sp³-hybridized carbons (Fsp3) is 0.171. The molecule has 6 aromatic rings. The first-order chi connectivity index (χ1) is 21.8. The zero-order valence-electron chi connectivity index (χ0n) is 25.2. The molecule has 0 fully saturated rings. The zero-order valence-corrected chi connectivity index (χ0v) is 27.6. The normalized spacial score (nSPS) is 11.8. The highest BCUT2D eigenvalue weighted by Gasteiger charge is 2.34. The maximum atomic E-state index is 14.3. The van der Waals surface area contributed by atoms with E-state index in [-0.39, 0.29) is 22.8 Å². The van der Waals surface area contributed by atoms with E-state index < -0.39 is 16.8 Å². The summed E-state index contributed by atoms with van der Waals surface area (Å²) in [6, 6.07) is 22.5. The number of para-hydroxylation sites is 1. The van der Waals surface area contributed by atoms with Gasteiger partial charge in [-0.2, -0.15) is 13.2 Å². The fourth-order valence-electron chi connectivity index (χ4n) is 5.63. The molecule has 3 aromatic heterocycles. The van der Waals surface area contributed by atoms with Crippen molar-refractivity contribution in [1.82, 2.24) is 14.1 Å². The molecule has 11 heteroatoms. The molecule has 234 valence electrons. The molecule has 0 bridgehead atoms. The van der Waals surface area contributed by atoms with Crippen molar-refractivity contribution in [3.63, 3.8) is 0 Å². The first-order valence-corrected chi connectivity index (χ1v) is 16.4. The molecule has 0 atom stereocenters. The first-order valence-electron chi connectivity index (χ1n) is 14.3. The van der Waals surface area contributed by atoms with Gasteiger partial charge in [0.25, 0.3) is 5.56 Å². The number of aromatic nitrogens is 3. The lowest BCUT2D eigenvalue weighted by Crippen LogP contribution is -2.22. The zero-order chi connectivity index (χ0) is 32.9. The lowest BCUT2D eigenvalue weighted by atomic mass is 10.0. The van der Waals surface area contributed by atoms with Gasteiger partial charge in [0.15, 0.2) is 10.9 Å². The smallest absolute Gasteiger partial charge is 0.318 e. The summed E-state index contributed by atoms with van der Waals surface area (Å²) >= 11 is 8.42. The van der Waals surface area contributed by atoms with E-state index in [0.29, 0.717) is 38.0 Å². The average Bonchev–Trinajstić information content (AvgIpc) is 3.51. The van der Waals surface area contributed by atoms with Gasteiger partial charge in [-0.3, -0.25) is 14.2 Å². The molecule has 0 amide bonds. The molecule has 6 rings (SSSR count). The SMILES string of the molecule is Cc1ccc(-c2c(C)sc3nc(SCC(=O)c4cc(C)n(-c5ccc(Cl)c(C(F)(F)F)c5)c4C)n(-c4ccccc4)c(=O)c23)cc1. The topological polar surface area (TPSA) is 56.9 Å². The second-order valence-corrected chi connectivity index (χ2v) is 13.5. The van der Waals surface area contributed by atoms with E-state index in [2.05, 4.69) is 0 Å². The van der Waals surface area contributed by atoms with Crippen LogP contribution in [0, 0.1) is 27.7 Å². The number of carbonyl (C=O) groups excluding carboxylic acids is 1. The second kappa shape index (κ2) is 12.2. The van der Waals surface area contributed by atoms with Gasteiger partial charge in [-0.1, -0.05) is 71.4 Å². The Morgan fingerprint density at radius 3 is 2.28 bits per heavy atom. The third-order valence-corrected chi connectivity index (χ3v) is 10.1. The van der Waals surface area contributed by atoms with Crippen LogP contribution in [0.1, 0.15) is 37.7 Å². The first kappa shape index (κ1) is 31.8. The van der Waals surface area contributed by atoms with Gasteiger partial charge in [-0.15, -0.1) is 11.3 Å². The molecule has 5 nitrogen and oxygen atoms in total. The van der Waals surface area contributed by atoms with E-state index in [1.807, 2.05) is 68.4 Å². The van der Waals surface area contributed by atoms with Crippen LogP contribution in [0.3, 0.4) is 0 Å². The van der Waals surface area contributed by atoms with Gasteiger partial charge < -0.3 is 4.57 Å². The number of alkyl halides is 3. The van der Waals surface area contributed by atoms with Crippen LogP contribution in [0.4, 0.5) is 13.2 Å². The standard InChI is InChI=1S/C35H27ClF3N3O2S2/c1-19-10-12-23(13-11-19)30-22(4)46-32-31(30)33(44)42(24-8-6-5-7-9-24)34(40-32)45-18-29(43)26-16-20(2)41(21(26)3)25-14-15-28(36)27(17-25)35(37,38)39/h5-17H,18H2,1-4H3. The summed E-state index contributed by atoms with van der Waals surface area (Å²) in [6.07, 6.45) is -4.62. The molecule has 0 aliphatic rings. The van der Waals surface area contributed by atoms with Crippen LogP contribution in [0.25, 0.3) is 32.7 Å². The van der Waals surface area contributed by atoms with Crippen molar-refractivity contribution in [3.8, 4) is 22.5 Å². The Morgan fingerprint density at radius 1 is 0.913 bits per heavy atom. The molecule has 3 heterocycles. The van der Waals surface area contributed by atoms with E-state index in [9.17, 15) is 22.8 Å². The number of halogens is 4. The third-order valence-electron chi connectivity index (χ3n) is 7.80. The van der Waals surface area contributed by atoms with Crippen molar-refractivity contribution in [2.24, 2.45) is 0 Å². The lowest BCUT2D eigenvalue weighted by Gasteiger charge is -2.14. The van der Waals surface area contributed by atoms with Gasteiger partial charge in [-0.05, 0) is 69.7 Å². The van der Waals surface area contributed by atoms with Crippen LogP contribution < -0.4 is 5.56 Å². The molecule has 0 saturated carbocycles. The van der Waals surface area contributed by atoms with Crippen molar-refractivity contribution in [2.75, 3.05) is 5.75 Å². The molecule has 0 radical (unpaired) electrons. The van der Waals surface area contributed by atoms with Gasteiger partial charge >= 0.3 is 6.18 Å². The molecule has 3 aromatic carbocycles. The third kappa shape index (κ3) is 5.81. The molecule has 46 heavy (non-hydrogen) atoms. The summed E-state index contributed by atoms with van der Waals surface area (Å²) in [5.41, 5.74) is 4.06. The summed E-state index contributed by atoms with van der Waals surface area (Å²) in [6.45, 7) is 7.40. The Bertz CT molecular complexity index is 2180. The van der Waals surface area contributed by atoms with E-state index in [4.69, 9.17) is 16.6 Å². The average molecular weight is 678 g/mol. The molecule has 0 N–H and O–H groups in total. The maximum absolute atomic E-state index is 14.3. The molecule has 0 aliphatic carbocycles. The highest BCUT2D eigenvalue weighted by Crippen LogP contribution is 2.38. The van der Waals surface area contributed by atoms with Crippen LogP contribution in [-0.2, 0) is 6.18 Å². The molecule has 0 aliphatic heterocycles. The predicted octanol–water partition coefficient (Wildman–Crippen LogP) is 9.79. The van der Waals surface area contributed by atoms with Gasteiger partial charge in [0.1, 0.15) is 4.83 Å².